The second-order valence-electron chi connectivity index (χ2n) is 2.95. The first-order chi connectivity index (χ1) is 6.89. The Kier molecular flexibility index (Phi) is 3.62. The first-order valence-electron chi connectivity index (χ1n) is 4.00. The Morgan fingerprint density at radius 2 is 2.13 bits per heavy atom. The van der Waals surface area contributed by atoms with Crippen molar-refractivity contribution in [3.8, 4) is 0 Å². The van der Waals surface area contributed by atoms with Crippen molar-refractivity contribution < 1.29 is 17.2 Å². The molecule has 1 aromatic rings. The Balaban J connectivity index is 3.28. The van der Waals surface area contributed by atoms with Crippen LogP contribution in [-0.2, 0) is 9.84 Å². The lowest BCUT2D eigenvalue weighted by atomic mass is 10.5. The van der Waals surface area contributed by atoms with E-state index in [9.17, 15) is 17.2 Å². The van der Waals surface area contributed by atoms with Crippen molar-refractivity contribution in [2.24, 2.45) is 0 Å². The molecule has 0 saturated heterocycles. The van der Waals surface area contributed by atoms with Gasteiger partial charge in [0.2, 0.25) is 9.84 Å². The van der Waals surface area contributed by atoms with Gasteiger partial charge in [-0.3, -0.25) is 0 Å². The molecule has 7 heteroatoms. The Hall–Kier alpha value is -0.750. The Bertz CT molecular complexity index is 464. The van der Waals surface area contributed by atoms with E-state index in [1.807, 2.05) is 0 Å². The Labute approximate surface area is 91.0 Å². The minimum absolute atomic E-state index is 0.180. The fourth-order valence-corrected chi connectivity index (χ4v) is 2.46. The van der Waals surface area contributed by atoms with Crippen LogP contribution in [0.2, 0.25) is 0 Å². The maximum Gasteiger partial charge on any atom is 0.202 e. The van der Waals surface area contributed by atoms with Gasteiger partial charge in [-0.1, -0.05) is 0 Å². The molecule has 0 aliphatic rings. The molecule has 0 aliphatic carbocycles. The average molecular weight is 256 g/mol. The van der Waals surface area contributed by atoms with Crippen molar-refractivity contribution in [1.82, 2.24) is 4.98 Å². The van der Waals surface area contributed by atoms with Crippen LogP contribution < -0.4 is 0 Å². The predicted molar refractivity (Wildman–Crippen MR) is 51.5 cm³/mol. The van der Waals surface area contributed by atoms with Gasteiger partial charge in [-0.05, 0) is 6.92 Å². The topological polar surface area (TPSA) is 47.0 Å². The van der Waals surface area contributed by atoms with Gasteiger partial charge in [0.25, 0.3) is 0 Å². The summed E-state index contributed by atoms with van der Waals surface area (Å²) in [6.07, 6.45) is 0.650. The molecule has 84 valence electrons. The van der Waals surface area contributed by atoms with Crippen molar-refractivity contribution >= 4 is 21.4 Å². The largest absolute Gasteiger partial charge is 0.239 e. The molecule has 0 fully saturated rings. The quantitative estimate of drug-likeness (QED) is 0.774. The van der Waals surface area contributed by atoms with Crippen molar-refractivity contribution in [3.63, 3.8) is 0 Å². The monoisotopic (exact) mass is 255 g/mol. The van der Waals surface area contributed by atoms with Gasteiger partial charge in [0, 0.05) is 11.9 Å². The van der Waals surface area contributed by atoms with Crippen molar-refractivity contribution in [2.75, 3.05) is 5.88 Å². The fourth-order valence-electron chi connectivity index (χ4n) is 0.885. The zero-order chi connectivity index (χ0) is 11.6. The third-order valence-electron chi connectivity index (χ3n) is 1.79. The molecular weight excluding hydrogens is 248 g/mol. The molecule has 1 heterocycles. The molecule has 1 aromatic heterocycles. The molecule has 0 radical (unpaired) electrons. The molecule has 1 rings (SSSR count). The number of nitrogens with zero attached hydrogens (tertiary/aromatic N) is 1. The van der Waals surface area contributed by atoms with Crippen molar-refractivity contribution in [1.29, 1.82) is 0 Å². The van der Waals surface area contributed by atoms with E-state index in [0.29, 0.717) is 12.3 Å². The summed E-state index contributed by atoms with van der Waals surface area (Å²) >= 11 is 5.37. The summed E-state index contributed by atoms with van der Waals surface area (Å²) in [6.45, 7) is 1.33. The normalized spacial score (nSPS) is 13.9. The minimum atomic E-state index is -3.92. The molecular formula is C8H8ClF2NO2S. The van der Waals surface area contributed by atoms with Gasteiger partial charge in [-0.25, -0.2) is 22.2 Å². The van der Waals surface area contributed by atoms with Gasteiger partial charge >= 0.3 is 0 Å². The minimum Gasteiger partial charge on any atom is -0.239 e. The number of alkyl halides is 1. The van der Waals surface area contributed by atoms with Gasteiger partial charge in [-0.2, -0.15) is 0 Å². The molecule has 3 nitrogen and oxygen atoms in total. The SMILES string of the molecule is CC(CCl)S(=O)(=O)c1ncc(F)cc1F. The van der Waals surface area contributed by atoms with Gasteiger partial charge in [0.1, 0.15) is 5.82 Å². The van der Waals surface area contributed by atoms with Gasteiger partial charge in [0.05, 0.1) is 11.4 Å². The average Bonchev–Trinajstić information content (AvgIpc) is 2.15. The van der Waals surface area contributed by atoms with Crippen molar-refractivity contribution in [2.45, 2.75) is 17.2 Å². The van der Waals surface area contributed by atoms with Crippen molar-refractivity contribution in [3.05, 3.63) is 23.9 Å². The number of halogens is 3. The highest BCUT2D eigenvalue weighted by atomic mass is 35.5. The summed E-state index contributed by atoms with van der Waals surface area (Å²) in [5, 5.41) is -1.73. The number of sulfone groups is 1. The van der Waals surface area contributed by atoms with E-state index in [4.69, 9.17) is 11.6 Å². The zero-order valence-electron chi connectivity index (χ0n) is 7.75. The van der Waals surface area contributed by atoms with Gasteiger partial charge < -0.3 is 0 Å². The highest BCUT2D eigenvalue weighted by molar-refractivity contribution is 7.92. The molecule has 1 atom stereocenters. The molecule has 0 bridgehead atoms. The lowest BCUT2D eigenvalue weighted by molar-refractivity contribution is 0.528. The summed E-state index contributed by atoms with van der Waals surface area (Å²) in [5.41, 5.74) is 0. The smallest absolute Gasteiger partial charge is 0.202 e. The first-order valence-corrected chi connectivity index (χ1v) is 6.08. The Morgan fingerprint density at radius 3 is 2.60 bits per heavy atom. The molecule has 15 heavy (non-hydrogen) atoms. The summed E-state index contributed by atoms with van der Waals surface area (Å²) in [5.74, 6) is -2.31. The number of aromatic nitrogens is 1. The van der Waals surface area contributed by atoms with Gasteiger partial charge in [0.15, 0.2) is 10.8 Å². The standard InChI is InChI=1S/C8H8ClF2NO2S/c1-5(3-9)15(13,14)8-7(11)2-6(10)4-12-8/h2,4-5H,3H2,1H3. The summed E-state index contributed by atoms with van der Waals surface area (Å²) in [4.78, 5) is 3.22. The van der Waals surface area contributed by atoms with Gasteiger partial charge in [-0.15, -0.1) is 11.6 Å². The predicted octanol–water partition coefficient (Wildman–Crippen LogP) is 1.76. The second kappa shape index (κ2) is 4.40. The van der Waals surface area contributed by atoms with Crippen LogP contribution in [0.15, 0.2) is 17.3 Å². The molecule has 0 N–H and O–H groups in total. The Morgan fingerprint density at radius 1 is 1.53 bits per heavy atom. The highest BCUT2D eigenvalue weighted by Gasteiger charge is 2.27. The molecule has 0 amide bonds. The van der Waals surface area contributed by atoms with E-state index in [-0.39, 0.29) is 5.88 Å². The molecule has 0 aliphatic heterocycles. The highest BCUT2D eigenvalue weighted by Crippen LogP contribution is 2.18. The third kappa shape index (κ3) is 2.43. The summed E-state index contributed by atoms with van der Waals surface area (Å²) in [7, 11) is -3.92. The number of hydrogen-bond donors (Lipinski definition) is 0. The molecule has 0 spiro atoms. The van der Waals surface area contributed by atoms with Crippen LogP contribution in [0.1, 0.15) is 6.92 Å². The summed E-state index contributed by atoms with van der Waals surface area (Å²) < 4.78 is 48.8. The number of rotatable bonds is 3. The molecule has 0 aromatic carbocycles. The summed E-state index contributed by atoms with van der Waals surface area (Å²) in [6, 6.07) is 0.473. The van der Waals surface area contributed by atoms with E-state index >= 15 is 0 Å². The van der Waals surface area contributed by atoms with E-state index < -0.39 is 31.7 Å². The second-order valence-corrected chi connectivity index (χ2v) is 5.54. The van der Waals surface area contributed by atoms with E-state index in [1.54, 1.807) is 0 Å². The van der Waals surface area contributed by atoms with Crippen LogP contribution in [0.3, 0.4) is 0 Å². The van der Waals surface area contributed by atoms with Crippen LogP contribution in [0.5, 0.6) is 0 Å². The fraction of sp³-hybridized carbons (Fsp3) is 0.375. The van der Waals surface area contributed by atoms with E-state index in [1.165, 1.54) is 6.92 Å². The maximum absolute atomic E-state index is 13.1. The van der Waals surface area contributed by atoms with Crippen LogP contribution in [0, 0.1) is 11.6 Å². The number of pyridine rings is 1. The van der Waals surface area contributed by atoms with Crippen LogP contribution in [0.25, 0.3) is 0 Å². The molecule has 1 unspecified atom stereocenters. The van der Waals surface area contributed by atoms with E-state index in [0.717, 1.165) is 0 Å². The third-order valence-corrected chi connectivity index (χ3v) is 4.50. The van der Waals surface area contributed by atoms with Crippen LogP contribution in [0.4, 0.5) is 8.78 Å². The zero-order valence-corrected chi connectivity index (χ0v) is 9.32. The first kappa shape index (κ1) is 12.3. The number of hydrogen-bond acceptors (Lipinski definition) is 3. The van der Waals surface area contributed by atoms with Crippen LogP contribution >= 0.6 is 11.6 Å². The maximum atomic E-state index is 13.1. The lowest BCUT2D eigenvalue weighted by Gasteiger charge is -2.09. The lowest BCUT2D eigenvalue weighted by Crippen LogP contribution is -2.21. The molecule has 0 saturated carbocycles. The van der Waals surface area contributed by atoms with Crippen LogP contribution in [-0.4, -0.2) is 24.5 Å². The van der Waals surface area contributed by atoms with E-state index in [2.05, 4.69) is 4.98 Å².